The lowest BCUT2D eigenvalue weighted by atomic mass is 10.0. The van der Waals surface area contributed by atoms with Gasteiger partial charge in [-0.2, -0.15) is 26.3 Å². The molecular formula is C29H28F6N4O5S. The molecule has 3 aromatic rings. The van der Waals surface area contributed by atoms with E-state index in [9.17, 15) is 44.3 Å². The molecule has 0 saturated carbocycles. The number of ether oxygens (including phenoxy) is 1. The van der Waals surface area contributed by atoms with Crippen molar-refractivity contribution >= 4 is 27.5 Å². The van der Waals surface area contributed by atoms with Crippen LogP contribution in [-0.2, 0) is 32.0 Å². The van der Waals surface area contributed by atoms with Crippen LogP contribution in [0.15, 0.2) is 65.6 Å². The van der Waals surface area contributed by atoms with Crippen molar-refractivity contribution in [3.8, 4) is 17.0 Å². The van der Waals surface area contributed by atoms with Gasteiger partial charge in [0.05, 0.1) is 34.9 Å². The number of fused-ring (bicyclic) bond motifs is 1. The van der Waals surface area contributed by atoms with Crippen molar-refractivity contribution in [3.05, 3.63) is 71.9 Å². The van der Waals surface area contributed by atoms with Crippen molar-refractivity contribution in [2.45, 2.75) is 50.2 Å². The van der Waals surface area contributed by atoms with E-state index in [1.165, 1.54) is 31.2 Å². The van der Waals surface area contributed by atoms with Crippen LogP contribution in [0, 0.1) is 5.92 Å². The van der Waals surface area contributed by atoms with Gasteiger partial charge >= 0.3 is 12.4 Å². The number of nitrogens with zero attached hydrogens (tertiary/aromatic N) is 2. The van der Waals surface area contributed by atoms with E-state index < -0.39 is 69.0 Å². The standard InChI is InChI=1S/C29H28F6N4O5S/c1-16(2)26(37-17(3)40)27(41)36-14-20-15-39(45(42,43)21-7-4-6-19(13-21)28(30,31)32)23-12-18(10-11-24(23)44-20)22-8-5-9-25(38-22)29(33,34)35/h4-13,16,20,26H,14-15H2,1-3H3,(H,36,41)(H,37,40)/t20-,26-/m0/s1. The number of aromatic nitrogens is 1. The fraction of sp³-hybridized carbons (Fsp3) is 0.345. The summed E-state index contributed by atoms with van der Waals surface area (Å²) in [6.07, 6.45) is -10.6. The number of nitrogens with one attached hydrogen (secondary N) is 2. The zero-order valence-electron chi connectivity index (χ0n) is 24.0. The minimum atomic E-state index is -4.84. The van der Waals surface area contributed by atoms with Gasteiger partial charge in [0.1, 0.15) is 23.6 Å². The lowest BCUT2D eigenvalue weighted by Gasteiger charge is -2.36. The first-order valence-corrected chi connectivity index (χ1v) is 14.9. The summed E-state index contributed by atoms with van der Waals surface area (Å²) in [5.41, 5.74) is -2.62. The highest BCUT2D eigenvalue weighted by molar-refractivity contribution is 7.92. The number of alkyl halides is 6. The molecule has 1 aromatic heterocycles. The molecule has 2 aromatic carbocycles. The van der Waals surface area contributed by atoms with Gasteiger partial charge in [-0.3, -0.25) is 13.9 Å². The smallest absolute Gasteiger partial charge is 0.433 e. The van der Waals surface area contributed by atoms with Gasteiger partial charge in [-0.05, 0) is 54.4 Å². The molecular weight excluding hydrogens is 630 g/mol. The molecule has 16 heteroatoms. The lowest BCUT2D eigenvalue weighted by Crippen LogP contribution is -2.53. The number of pyridine rings is 1. The summed E-state index contributed by atoms with van der Waals surface area (Å²) in [5, 5.41) is 5.13. The molecule has 0 unspecified atom stereocenters. The van der Waals surface area contributed by atoms with E-state index in [0.29, 0.717) is 12.1 Å². The van der Waals surface area contributed by atoms with Crippen LogP contribution in [0.5, 0.6) is 5.75 Å². The normalized spacial score (nSPS) is 16.0. The number of hydrogen-bond donors (Lipinski definition) is 2. The number of benzene rings is 2. The van der Waals surface area contributed by atoms with Crippen molar-refractivity contribution in [3.63, 3.8) is 0 Å². The highest BCUT2D eigenvalue weighted by Crippen LogP contribution is 2.41. The predicted octanol–water partition coefficient (Wildman–Crippen LogP) is 5.02. The SMILES string of the molecule is CC(=O)N[C@H](C(=O)NC[C@H]1CN(S(=O)(=O)c2cccc(C(F)(F)F)c2)c2cc(-c3cccc(C(F)(F)F)n3)ccc2O1)C(C)C. The van der Waals surface area contributed by atoms with E-state index in [0.717, 1.165) is 28.6 Å². The monoisotopic (exact) mass is 658 g/mol. The van der Waals surface area contributed by atoms with Crippen LogP contribution < -0.4 is 19.7 Å². The van der Waals surface area contributed by atoms with Gasteiger partial charge in [-0.25, -0.2) is 13.4 Å². The number of halogens is 6. The Balaban J connectivity index is 1.74. The van der Waals surface area contributed by atoms with E-state index in [-0.39, 0.29) is 35.2 Å². The third-order valence-corrected chi connectivity index (χ3v) is 8.56. The highest BCUT2D eigenvalue weighted by atomic mass is 32.2. The van der Waals surface area contributed by atoms with Gasteiger partial charge in [0.15, 0.2) is 0 Å². The van der Waals surface area contributed by atoms with Crippen LogP contribution in [0.4, 0.5) is 32.0 Å². The quantitative estimate of drug-likeness (QED) is 0.329. The molecule has 2 heterocycles. The van der Waals surface area contributed by atoms with E-state index in [1.807, 2.05) is 0 Å². The molecule has 0 spiro atoms. The summed E-state index contributed by atoms with van der Waals surface area (Å²) in [5.74, 6) is -1.39. The Morgan fingerprint density at radius 3 is 2.31 bits per heavy atom. The van der Waals surface area contributed by atoms with Gasteiger partial charge in [0.25, 0.3) is 10.0 Å². The molecule has 242 valence electrons. The Kier molecular flexibility index (Phi) is 9.37. The summed E-state index contributed by atoms with van der Waals surface area (Å²) >= 11 is 0. The van der Waals surface area contributed by atoms with Crippen LogP contribution >= 0.6 is 0 Å². The first kappa shape index (κ1) is 33.6. The molecule has 1 aliphatic rings. The number of rotatable bonds is 8. The molecule has 0 saturated heterocycles. The minimum absolute atomic E-state index is 0.0611. The first-order chi connectivity index (χ1) is 20.9. The second kappa shape index (κ2) is 12.6. The fourth-order valence-corrected chi connectivity index (χ4v) is 6.14. The average Bonchev–Trinajstić information content (AvgIpc) is 2.97. The van der Waals surface area contributed by atoms with Crippen molar-refractivity contribution in [2.24, 2.45) is 5.92 Å². The Labute approximate surface area is 254 Å². The topological polar surface area (TPSA) is 118 Å². The Hall–Kier alpha value is -4.34. The molecule has 9 nitrogen and oxygen atoms in total. The van der Waals surface area contributed by atoms with Crippen LogP contribution in [0.3, 0.4) is 0 Å². The van der Waals surface area contributed by atoms with Crippen LogP contribution in [0.25, 0.3) is 11.3 Å². The van der Waals surface area contributed by atoms with E-state index >= 15 is 0 Å². The van der Waals surface area contributed by atoms with Gasteiger partial charge < -0.3 is 15.4 Å². The van der Waals surface area contributed by atoms with Gasteiger partial charge in [0, 0.05) is 12.5 Å². The van der Waals surface area contributed by atoms with E-state index in [4.69, 9.17) is 4.74 Å². The molecule has 0 radical (unpaired) electrons. The number of amides is 2. The predicted molar refractivity (Wildman–Crippen MR) is 151 cm³/mol. The van der Waals surface area contributed by atoms with Crippen LogP contribution in [0.1, 0.15) is 32.0 Å². The maximum Gasteiger partial charge on any atom is 0.433 e. The second-order valence-corrected chi connectivity index (χ2v) is 12.4. The van der Waals surface area contributed by atoms with Crippen molar-refractivity contribution in [2.75, 3.05) is 17.4 Å². The number of anilines is 1. The molecule has 0 fully saturated rings. The summed E-state index contributed by atoms with van der Waals surface area (Å²) in [6, 6.07) is 9.22. The Morgan fingerprint density at radius 1 is 1.00 bits per heavy atom. The Bertz CT molecular complexity index is 1690. The maximum absolute atomic E-state index is 13.9. The molecule has 2 atom stereocenters. The number of carbonyl (C=O) groups is 2. The van der Waals surface area contributed by atoms with E-state index in [1.54, 1.807) is 13.8 Å². The molecule has 0 bridgehead atoms. The van der Waals surface area contributed by atoms with Crippen molar-refractivity contribution in [1.82, 2.24) is 15.6 Å². The zero-order chi connectivity index (χ0) is 33.3. The van der Waals surface area contributed by atoms with E-state index in [2.05, 4.69) is 15.6 Å². The minimum Gasteiger partial charge on any atom is -0.484 e. The van der Waals surface area contributed by atoms with Gasteiger partial charge in [-0.1, -0.05) is 26.0 Å². The average molecular weight is 659 g/mol. The van der Waals surface area contributed by atoms with Crippen molar-refractivity contribution in [1.29, 1.82) is 0 Å². The third kappa shape index (κ3) is 7.67. The molecule has 45 heavy (non-hydrogen) atoms. The zero-order valence-corrected chi connectivity index (χ0v) is 24.8. The molecule has 2 N–H and O–H groups in total. The summed E-state index contributed by atoms with van der Waals surface area (Å²) in [7, 11) is -4.72. The van der Waals surface area contributed by atoms with Crippen LogP contribution in [0.2, 0.25) is 0 Å². The third-order valence-electron chi connectivity index (χ3n) is 6.79. The summed E-state index contributed by atoms with van der Waals surface area (Å²) in [4.78, 5) is 27.3. The number of carbonyl (C=O) groups excluding carboxylic acids is 2. The largest absolute Gasteiger partial charge is 0.484 e. The van der Waals surface area contributed by atoms with Crippen molar-refractivity contribution < 1.29 is 49.1 Å². The molecule has 1 aliphatic heterocycles. The lowest BCUT2D eigenvalue weighted by molar-refractivity contribution is -0.141. The van der Waals surface area contributed by atoms with Crippen LogP contribution in [-0.4, -0.2) is 50.5 Å². The molecule has 2 amide bonds. The molecule has 0 aliphatic carbocycles. The second-order valence-electron chi connectivity index (χ2n) is 10.6. The summed E-state index contributed by atoms with van der Waals surface area (Å²) < 4.78 is 115. The number of sulfonamides is 1. The number of hydrogen-bond acceptors (Lipinski definition) is 6. The maximum atomic E-state index is 13.9. The van der Waals surface area contributed by atoms with Gasteiger partial charge in [0.2, 0.25) is 11.8 Å². The Morgan fingerprint density at radius 2 is 1.69 bits per heavy atom. The fourth-order valence-electron chi connectivity index (χ4n) is 4.60. The first-order valence-electron chi connectivity index (χ1n) is 13.5. The summed E-state index contributed by atoms with van der Waals surface area (Å²) in [6.45, 7) is 3.90. The molecule has 4 rings (SSSR count). The van der Waals surface area contributed by atoms with Gasteiger partial charge in [-0.15, -0.1) is 0 Å². The highest BCUT2D eigenvalue weighted by Gasteiger charge is 2.38.